The van der Waals surface area contributed by atoms with Crippen molar-refractivity contribution in [3.05, 3.63) is 0 Å². The van der Waals surface area contributed by atoms with Crippen LogP contribution in [0.4, 0.5) is 0 Å². The molecule has 0 aliphatic heterocycles. The summed E-state index contributed by atoms with van der Waals surface area (Å²) in [6.07, 6.45) is 1.43. The summed E-state index contributed by atoms with van der Waals surface area (Å²) in [6, 6.07) is 0. The lowest BCUT2D eigenvalue weighted by Crippen LogP contribution is -2.09. The first-order valence-electron chi connectivity index (χ1n) is 3.15. The molecule has 0 aromatic heterocycles. The molecular formula is C5H14NO2P. The van der Waals surface area contributed by atoms with E-state index in [-0.39, 0.29) is 5.66 Å². The Morgan fingerprint density at radius 3 is 2.44 bits per heavy atom. The fourth-order valence-corrected chi connectivity index (χ4v) is 1.47. The summed E-state index contributed by atoms with van der Waals surface area (Å²) in [6.45, 7) is 2.41. The Morgan fingerprint density at radius 1 is 1.78 bits per heavy atom. The molecule has 56 valence electrons. The average Bonchev–Trinajstić information content (AvgIpc) is 1.82. The Hall–Kier alpha value is 0.150. The van der Waals surface area contributed by atoms with Crippen LogP contribution in [0.5, 0.6) is 0 Å². The van der Waals surface area contributed by atoms with E-state index in [0.717, 1.165) is 6.42 Å². The van der Waals surface area contributed by atoms with Crippen molar-refractivity contribution in [1.29, 1.82) is 0 Å². The monoisotopic (exact) mass is 151 g/mol. The Bertz CT molecular complexity index is 97.0. The summed E-state index contributed by atoms with van der Waals surface area (Å²) in [5.41, 5.74) is 5.15. The van der Waals surface area contributed by atoms with E-state index in [1.807, 2.05) is 6.92 Å². The van der Waals surface area contributed by atoms with Gasteiger partial charge in [-0.3, -0.25) is 4.57 Å². The molecule has 2 unspecified atom stereocenters. The van der Waals surface area contributed by atoms with E-state index in [4.69, 9.17) is 10.6 Å². The summed E-state index contributed by atoms with van der Waals surface area (Å²) in [5.74, 6) is 0. The first-order chi connectivity index (χ1) is 4.22. The summed E-state index contributed by atoms with van der Waals surface area (Å²) in [7, 11) is -2.32. The zero-order chi connectivity index (χ0) is 7.28. The normalized spacial score (nSPS) is 17.2. The number of hydrogen-bond acceptors (Lipinski definition) is 2. The lowest BCUT2D eigenvalue weighted by molar-refractivity contribution is 0.481. The van der Waals surface area contributed by atoms with Gasteiger partial charge in [-0.1, -0.05) is 6.92 Å². The zero-order valence-corrected chi connectivity index (χ0v) is 6.63. The molecule has 0 heterocycles. The average molecular weight is 151 g/mol. The van der Waals surface area contributed by atoms with E-state index < -0.39 is 8.03 Å². The molecule has 0 bridgehead atoms. The van der Waals surface area contributed by atoms with Gasteiger partial charge in [0.1, 0.15) is 0 Å². The fourth-order valence-electron chi connectivity index (χ4n) is 0.703. The van der Waals surface area contributed by atoms with E-state index in [2.05, 4.69) is 0 Å². The van der Waals surface area contributed by atoms with E-state index in [1.165, 1.54) is 0 Å². The van der Waals surface area contributed by atoms with Crippen molar-refractivity contribution in [2.45, 2.75) is 25.4 Å². The van der Waals surface area contributed by atoms with E-state index in [0.29, 0.717) is 13.0 Å². The van der Waals surface area contributed by atoms with Gasteiger partial charge in [0.2, 0.25) is 0 Å². The van der Waals surface area contributed by atoms with Gasteiger partial charge in [-0.15, -0.1) is 0 Å². The predicted molar refractivity (Wildman–Crippen MR) is 39.0 cm³/mol. The second-order valence-corrected chi connectivity index (χ2v) is 3.51. The lowest BCUT2D eigenvalue weighted by Gasteiger charge is -2.07. The van der Waals surface area contributed by atoms with E-state index >= 15 is 0 Å². The molecule has 9 heavy (non-hydrogen) atoms. The van der Waals surface area contributed by atoms with Gasteiger partial charge in [-0.05, 0) is 19.4 Å². The van der Waals surface area contributed by atoms with Crippen LogP contribution in [-0.4, -0.2) is 17.1 Å². The maximum atomic E-state index is 10.5. The Morgan fingerprint density at radius 2 is 2.33 bits per heavy atom. The van der Waals surface area contributed by atoms with Gasteiger partial charge < -0.3 is 10.6 Å². The maximum absolute atomic E-state index is 10.5. The van der Waals surface area contributed by atoms with E-state index in [1.54, 1.807) is 0 Å². The van der Waals surface area contributed by atoms with Crippen LogP contribution in [-0.2, 0) is 4.57 Å². The minimum atomic E-state index is -2.32. The molecule has 0 fully saturated rings. The molecule has 3 nitrogen and oxygen atoms in total. The molecule has 0 spiro atoms. The van der Waals surface area contributed by atoms with Crippen LogP contribution in [0.2, 0.25) is 0 Å². The standard InChI is InChI=1S/C5H14NO2P/c1-2-5(3-4-6)9(7)8/h5,9H,2-4,6H2,1H3,(H,7,8). The largest absolute Gasteiger partial charge is 0.346 e. The summed E-state index contributed by atoms with van der Waals surface area (Å²) in [4.78, 5) is 8.63. The van der Waals surface area contributed by atoms with Crippen LogP contribution in [0.3, 0.4) is 0 Å². The van der Waals surface area contributed by atoms with Gasteiger partial charge in [-0.25, -0.2) is 0 Å². The molecule has 0 aliphatic carbocycles. The van der Waals surface area contributed by atoms with Gasteiger partial charge in [0.15, 0.2) is 8.03 Å². The van der Waals surface area contributed by atoms with Gasteiger partial charge >= 0.3 is 0 Å². The molecule has 3 N–H and O–H groups in total. The van der Waals surface area contributed by atoms with E-state index in [9.17, 15) is 4.57 Å². The molecule has 0 saturated carbocycles. The van der Waals surface area contributed by atoms with Gasteiger partial charge in [0.05, 0.1) is 0 Å². The third kappa shape index (κ3) is 3.68. The third-order valence-electron chi connectivity index (χ3n) is 1.36. The molecule has 0 radical (unpaired) electrons. The summed E-state index contributed by atoms with van der Waals surface area (Å²) in [5, 5.41) is 0. The van der Waals surface area contributed by atoms with Crippen molar-refractivity contribution >= 4 is 8.03 Å². The molecule has 0 aromatic carbocycles. The maximum Gasteiger partial charge on any atom is 0.192 e. The SMILES string of the molecule is CCC(CCN)[PH](=O)O. The van der Waals surface area contributed by atoms with Crippen molar-refractivity contribution in [2.24, 2.45) is 5.73 Å². The van der Waals surface area contributed by atoms with Gasteiger partial charge in [0, 0.05) is 5.66 Å². The first kappa shape index (κ1) is 9.15. The second kappa shape index (κ2) is 4.98. The second-order valence-electron chi connectivity index (χ2n) is 2.02. The van der Waals surface area contributed by atoms with Crippen molar-refractivity contribution in [3.8, 4) is 0 Å². The fraction of sp³-hybridized carbons (Fsp3) is 1.00. The highest BCUT2D eigenvalue weighted by Gasteiger charge is 2.09. The van der Waals surface area contributed by atoms with Crippen molar-refractivity contribution in [3.63, 3.8) is 0 Å². The molecule has 0 amide bonds. The van der Waals surface area contributed by atoms with Crippen molar-refractivity contribution in [2.75, 3.05) is 6.54 Å². The summed E-state index contributed by atoms with van der Waals surface area (Å²) < 4.78 is 10.5. The van der Waals surface area contributed by atoms with Crippen LogP contribution in [0, 0.1) is 0 Å². The Balaban J connectivity index is 3.54. The predicted octanol–water partition coefficient (Wildman–Crippen LogP) is 0.581. The van der Waals surface area contributed by atoms with Crippen molar-refractivity contribution < 1.29 is 9.46 Å². The Labute approximate surface area is 56.1 Å². The number of rotatable bonds is 4. The van der Waals surface area contributed by atoms with Crippen LogP contribution in [0.25, 0.3) is 0 Å². The highest BCUT2D eigenvalue weighted by atomic mass is 31.1. The Kier molecular flexibility index (Phi) is 5.06. The minimum Gasteiger partial charge on any atom is -0.346 e. The van der Waals surface area contributed by atoms with Crippen LogP contribution in [0.1, 0.15) is 19.8 Å². The topological polar surface area (TPSA) is 63.3 Å². The molecular weight excluding hydrogens is 137 g/mol. The summed E-state index contributed by atoms with van der Waals surface area (Å²) >= 11 is 0. The van der Waals surface area contributed by atoms with Crippen LogP contribution >= 0.6 is 8.03 Å². The lowest BCUT2D eigenvalue weighted by atomic mass is 10.2. The van der Waals surface area contributed by atoms with Gasteiger partial charge in [-0.2, -0.15) is 0 Å². The zero-order valence-electron chi connectivity index (χ0n) is 5.63. The molecule has 0 rings (SSSR count). The molecule has 0 aromatic rings. The quantitative estimate of drug-likeness (QED) is 0.577. The van der Waals surface area contributed by atoms with Crippen LogP contribution < -0.4 is 5.73 Å². The number of nitrogens with two attached hydrogens (primary N) is 1. The smallest absolute Gasteiger partial charge is 0.192 e. The van der Waals surface area contributed by atoms with Crippen LogP contribution in [0.15, 0.2) is 0 Å². The number of hydrogen-bond donors (Lipinski definition) is 2. The minimum absolute atomic E-state index is 0.0556. The van der Waals surface area contributed by atoms with Gasteiger partial charge in [0.25, 0.3) is 0 Å². The highest BCUT2D eigenvalue weighted by molar-refractivity contribution is 7.38. The first-order valence-corrected chi connectivity index (χ1v) is 4.58. The molecule has 0 aliphatic rings. The highest BCUT2D eigenvalue weighted by Crippen LogP contribution is 2.26. The van der Waals surface area contributed by atoms with Crippen molar-refractivity contribution in [1.82, 2.24) is 0 Å². The molecule has 2 atom stereocenters. The molecule has 4 heteroatoms. The third-order valence-corrected chi connectivity index (χ3v) is 2.75. The molecule has 0 saturated heterocycles.